The third kappa shape index (κ3) is 3.15. The summed E-state index contributed by atoms with van der Waals surface area (Å²) in [5.41, 5.74) is 0.553. The molecule has 3 amide bonds. The molecule has 8 heteroatoms. The van der Waals surface area contributed by atoms with Crippen molar-refractivity contribution in [1.29, 1.82) is 0 Å². The van der Waals surface area contributed by atoms with E-state index in [0.717, 1.165) is 29.6 Å². The van der Waals surface area contributed by atoms with Gasteiger partial charge in [-0.2, -0.15) is 0 Å². The van der Waals surface area contributed by atoms with Gasteiger partial charge in [0.15, 0.2) is 0 Å². The van der Waals surface area contributed by atoms with Gasteiger partial charge in [-0.3, -0.25) is 14.4 Å². The van der Waals surface area contributed by atoms with Crippen molar-refractivity contribution in [2.45, 2.75) is 25.3 Å². The van der Waals surface area contributed by atoms with Crippen LogP contribution in [0.5, 0.6) is 0 Å². The van der Waals surface area contributed by atoms with E-state index >= 15 is 0 Å². The van der Waals surface area contributed by atoms with Crippen molar-refractivity contribution in [3.63, 3.8) is 0 Å². The fraction of sp³-hybridized carbons (Fsp3) is 0.500. The van der Waals surface area contributed by atoms with Crippen LogP contribution in [0.4, 0.5) is 0 Å². The number of carbonyl (C=O) groups excluding carboxylic acids is 3. The standard InChI is InChI=1S/C20H22N4O3S/c25-16-2-1-12(23-16)7-17(26)22-8-13-14-9-24(10-15(13)14)20(27)18-19-11(3-5-21-18)4-6-28-19/h3-6,12-15H,1-2,7-10H2,(H,22,26)(H,23,25). The van der Waals surface area contributed by atoms with Gasteiger partial charge >= 0.3 is 0 Å². The minimum Gasteiger partial charge on any atom is -0.356 e. The van der Waals surface area contributed by atoms with Gasteiger partial charge in [-0.1, -0.05) is 0 Å². The highest BCUT2D eigenvalue weighted by atomic mass is 32.1. The molecule has 5 rings (SSSR count). The fourth-order valence-electron chi connectivity index (χ4n) is 4.67. The van der Waals surface area contributed by atoms with Gasteiger partial charge in [0.1, 0.15) is 5.69 Å². The van der Waals surface area contributed by atoms with Crippen LogP contribution >= 0.6 is 11.3 Å². The Bertz CT molecular complexity index is 946. The minimum absolute atomic E-state index is 0.00122. The van der Waals surface area contributed by atoms with Gasteiger partial charge in [0.25, 0.3) is 5.91 Å². The van der Waals surface area contributed by atoms with Crippen molar-refractivity contribution in [3.8, 4) is 0 Å². The number of aromatic nitrogens is 1. The zero-order valence-corrected chi connectivity index (χ0v) is 16.2. The first-order valence-electron chi connectivity index (χ1n) is 9.77. The van der Waals surface area contributed by atoms with Crippen LogP contribution in [0, 0.1) is 17.8 Å². The Balaban J connectivity index is 1.11. The van der Waals surface area contributed by atoms with E-state index in [1.165, 1.54) is 0 Å². The Morgan fingerprint density at radius 2 is 2.11 bits per heavy atom. The predicted molar refractivity (Wildman–Crippen MR) is 105 cm³/mol. The maximum Gasteiger partial charge on any atom is 0.273 e. The van der Waals surface area contributed by atoms with Crippen LogP contribution in [-0.2, 0) is 9.59 Å². The largest absolute Gasteiger partial charge is 0.356 e. The van der Waals surface area contributed by atoms with Crippen molar-refractivity contribution in [2.24, 2.45) is 17.8 Å². The number of nitrogens with one attached hydrogen (secondary N) is 2. The smallest absolute Gasteiger partial charge is 0.273 e. The van der Waals surface area contributed by atoms with Crippen LogP contribution in [0.3, 0.4) is 0 Å². The zero-order valence-electron chi connectivity index (χ0n) is 15.4. The number of pyridine rings is 1. The first kappa shape index (κ1) is 17.6. The molecule has 0 aromatic carbocycles. The molecule has 1 aliphatic carbocycles. The molecule has 0 radical (unpaired) electrons. The summed E-state index contributed by atoms with van der Waals surface area (Å²) in [6, 6.07) is 3.92. The van der Waals surface area contributed by atoms with Gasteiger partial charge in [-0.05, 0) is 47.1 Å². The van der Waals surface area contributed by atoms with Gasteiger partial charge in [-0.25, -0.2) is 4.98 Å². The number of hydrogen-bond donors (Lipinski definition) is 2. The molecule has 2 aromatic rings. The van der Waals surface area contributed by atoms with E-state index < -0.39 is 0 Å². The number of nitrogens with zero attached hydrogens (tertiary/aromatic N) is 2. The Morgan fingerprint density at radius 3 is 2.86 bits per heavy atom. The van der Waals surface area contributed by atoms with Gasteiger partial charge in [0.2, 0.25) is 11.8 Å². The maximum atomic E-state index is 12.9. The highest BCUT2D eigenvalue weighted by molar-refractivity contribution is 7.17. The van der Waals surface area contributed by atoms with Crippen molar-refractivity contribution >= 4 is 39.1 Å². The van der Waals surface area contributed by atoms with E-state index in [0.29, 0.717) is 42.8 Å². The number of piperidine rings is 1. The van der Waals surface area contributed by atoms with Crippen LogP contribution in [0.2, 0.25) is 0 Å². The lowest BCUT2D eigenvalue weighted by atomic mass is 10.1. The Hall–Kier alpha value is -2.48. The molecule has 1 saturated carbocycles. The molecule has 2 N–H and O–H groups in total. The summed E-state index contributed by atoms with van der Waals surface area (Å²) < 4.78 is 0.955. The molecule has 4 heterocycles. The van der Waals surface area contributed by atoms with Gasteiger partial charge in [0, 0.05) is 44.7 Å². The number of thiophene rings is 1. The van der Waals surface area contributed by atoms with Crippen LogP contribution in [0.25, 0.3) is 10.1 Å². The van der Waals surface area contributed by atoms with E-state index in [-0.39, 0.29) is 23.8 Å². The fourth-order valence-corrected chi connectivity index (χ4v) is 5.55. The lowest BCUT2D eigenvalue weighted by Gasteiger charge is -2.20. The third-order valence-corrected chi connectivity index (χ3v) is 7.22. The molecule has 0 spiro atoms. The Morgan fingerprint density at radius 1 is 1.29 bits per heavy atom. The molecular weight excluding hydrogens is 376 g/mol. The molecule has 2 aromatic heterocycles. The summed E-state index contributed by atoms with van der Waals surface area (Å²) in [6.07, 6.45) is 3.31. The second-order valence-corrected chi connectivity index (χ2v) is 8.93. The molecule has 3 fully saturated rings. The SMILES string of the molecule is O=C(CC1CCC(=O)N1)NCC1C2CN(C(=O)c3nccc4ccsc34)CC12. The molecule has 28 heavy (non-hydrogen) atoms. The number of fused-ring (bicyclic) bond motifs is 2. The number of carbonyl (C=O) groups is 3. The number of likely N-dealkylation sites (tertiary alicyclic amines) is 1. The molecule has 3 unspecified atom stereocenters. The molecule has 0 bridgehead atoms. The van der Waals surface area contributed by atoms with Crippen molar-refractivity contribution in [2.75, 3.05) is 19.6 Å². The van der Waals surface area contributed by atoms with Crippen molar-refractivity contribution in [3.05, 3.63) is 29.4 Å². The van der Waals surface area contributed by atoms with Crippen LogP contribution in [-0.4, -0.2) is 53.3 Å². The number of hydrogen-bond acceptors (Lipinski definition) is 5. The van der Waals surface area contributed by atoms with Gasteiger partial charge in [0.05, 0.1) is 4.70 Å². The van der Waals surface area contributed by atoms with Gasteiger partial charge < -0.3 is 15.5 Å². The molecule has 3 aliphatic rings. The van der Waals surface area contributed by atoms with E-state index in [4.69, 9.17) is 0 Å². The summed E-state index contributed by atoms with van der Waals surface area (Å²) in [4.78, 5) is 42.4. The topological polar surface area (TPSA) is 91.4 Å². The summed E-state index contributed by atoms with van der Waals surface area (Å²) >= 11 is 1.55. The average molecular weight is 398 g/mol. The molecule has 3 atom stereocenters. The maximum absolute atomic E-state index is 12.9. The van der Waals surface area contributed by atoms with E-state index in [2.05, 4.69) is 15.6 Å². The van der Waals surface area contributed by atoms with E-state index in [1.807, 2.05) is 22.4 Å². The van der Waals surface area contributed by atoms with Crippen LogP contribution in [0.1, 0.15) is 29.8 Å². The normalized spacial score (nSPS) is 28.3. The van der Waals surface area contributed by atoms with Crippen molar-refractivity contribution in [1.82, 2.24) is 20.5 Å². The molecule has 2 aliphatic heterocycles. The highest BCUT2D eigenvalue weighted by Crippen LogP contribution is 2.51. The molecular formula is C20H22N4O3S. The van der Waals surface area contributed by atoms with E-state index in [1.54, 1.807) is 17.5 Å². The quantitative estimate of drug-likeness (QED) is 0.796. The Labute approximate surface area is 166 Å². The molecule has 2 saturated heterocycles. The summed E-state index contributed by atoms with van der Waals surface area (Å²) in [7, 11) is 0. The predicted octanol–water partition coefficient (Wildman–Crippen LogP) is 1.40. The highest BCUT2D eigenvalue weighted by Gasteiger charge is 2.56. The number of amides is 3. The molecule has 7 nitrogen and oxygen atoms in total. The summed E-state index contributed by atoms with van der Waals surface area (Å²) in [5.74, 6) is 1.44. The van der Waals surface area contributed by atoms with Crippen molar-refractivity contribution < 1.29 is 14.4 Å². The molecule has 146 valence electrons. The summed E-state index contributed by atoms with van der Waals surface area (Å²) in [6.45, 7) is 2.15. The lowest BCUT2D eigenvalue weighted by molar-refractivity contribution is -0.121. The minimum atomic E-state index is -0.0215. The summed E-state index contributed by atoms with van der Waals surface area (Å²) in [5, 5.41) is 8.88. The van der Waals surface area contributed by atoms with E-state index in [9.17, 15) is 14.4 Å². The zero-order chi connectivity index (χ0) is 19.3. The monoisotopic (exact) mass is 398 g/mol. The van der Waals surface area contributed by atoms with Crippen LogP contribution in [0.15, 0.2) is 23.7 Å². The second kappa shape index (κ2) is 6.84. The lowest BCUT2D eigenvalue weighted by Crippen LogP contribution is -2.36. The first-order valence-corrected chi connectivity index (χ1v) is 10.7. The second-order valence-electron chi connectivity index (χ2n) is 8.01. The number of rotatable bonds is 5. The Kier molecular flexibility index (Phi) is 4.30. The van der Waals surface area contributed by atoms with Crippen LogP contribution < -0.4 is 10.6 Å². The third-order valence-electron chi connectivity index (χ3n) is 6.28. The average Bonchev–Trinajstić information content (AvgIpc) is 3.17. The van der Waals surface area contributed by atoms with Gasteiger partial charge in [-0.15, -0.1) is 11.3 Å². The first-order chi connectivity index (χ1) is 13.6.